The number of aryl methyl sites for hydroxylation is 1. The zero-order valence-electron chi connectivity index (χ0n) is 12.7. The summed E-state index contributed by atoms with van der Waals surface area (Å²) in [7, 11) is 0. The maximum Gasteiger partial charge on any atom is 0.255 e. The second-order valence-electron chi connectivity index (χ2n) is 6.22. The van der Waals surface area contributed by atoms with Gasteiger partial charge in [-0.2, -0.15) is 4.98 Å². The molecule has 2 aliphatic rings. The number of nitrogens with zero attached hydrogens (tertiary/aromatic N) is 4. The van der Waals surface area contributed by atoms with E-state index in [0.29, 0.717) is 17.6 Å². The third-order valence-electron chi connectivity index (χ3n) is 4.58. The molecule has 116 valence electrons. The predicted molar refractivity (Wildman–Crippen MR) is 78.9 cm³/mol. The fraction of sp³-hybridized carbons (Fsp3) is 0.562. The van der Waals surface area contributed by atoms with Gasteiger partial charge in [-0.15, -0.1) is 0 Å². The Balaban J connectivity index is 1.39. The third kappa shape index (κ3) is 2.76. The number of pyridine rings is 1. The van der Waals surface area contributed by atoms with Crippen molar-refractivity contribution in [2.45, 2.75) is 38.5 Å². The van der Waals surface area contributed by atoms with Gasteiger partial charge in [0.25, 0.3) is 5.89 Å². The number of hydrogen-bond donors (Lipinski definition) is 0. The third-order valence-corrected chi connectivity index (χ3v) is 4.58. The van der Waals surface area contributed by atoms with E-state index in [0.717, 1.165) is 32.5 Å². The van der Waals surface area contributed by atoms with Crippen LogP contribution >= 0.6 is 0 Å². The molecule has 3 atom stereocenters. The molecule has 0 amide bonds. The number of aromatic nitrogens is 3. The number of likely N-dealkylation sites (tertiary alicyclic amines) is 1. The Kier molecular flexibility index (Phi) is 3.63. The second-order valence-corrected chi connectivity index (χ2v) is 6.22. The van der Waals surface area contributed by atoms with E-state index < -0.39 is 0 Å². The minimum absolute atomic E-state index is 0.0328. The molecule has 2 aromatic heterocycles. The van der Waals surface area contributed by atoms with Crippen molar-refractivity contribution < 1.29 is 9.26 Å². The van der Waals surface area contributed by atoms with Crippen LogP contribution in [-0.2, 0) is 11.3 Å². The summed E-state index contributed by atoms with van der Waals surface area (Å²) >= 11 is 0. The number of fused-ring (bicyclic) bond motifs is 1. The highest BCUT2D eigenvalue weighted by atomic mass is 16.5. The summed E-state index contributed by atoms with van der Waals surface area (Å²) in [6, 6.07) is 4.11. The van der Waals surface area contributed by atoms with Gasteiger partial charge in [0.05, 0.1) is 6.10 Å². The Morgan fingerprint density at radius 3 is 3.14 bits per heavy atom. The molecule has 2 fully saturated rings. The van der Waals surface area contributed by atoms with Gasteiger partial charge in [0.15, 0.2) is 5.82 Å². The molecule has 2 saturated heterocycles. The Hall–Kier alpha value is -1.79. The van der Waals surface area contributed by atoms with E-state index in [1.807, 2.05) is 25.4 Å². The molecule has 0 saturated carbocycles. The smallest absolute Gasteiger partial charge is 0.255 e. The van der Waals surface area contributed by atoms with Crippen LogP contribution in [0.2, 0.25) is 0 Å². The SMILES string of the molecule is Cc1noc([C@@H]2C[C@H]3CCN(Cc4cccnc4)C[C@@H]3O2)n1. The van der Waals surface area contributed by atoms with Gasteiger partial charge in [-0.1, -0.05) is 11.2 Å². The van der Waals surface area contributed by atoms with Gasteiger partial charge in [0.1, 0.15) is 6.10 Å². The van der Waals surface area contributed by atoms with Crippen molar-refractivity contribution in [3.8, 4) is 0 Å². The van der Waals surface area contributed by atoms with Crippen molar-refractivity contribution in [1.82, 2.24) is 20.0 Å². The molecule has 0 bridgehead atoms. The van der Waals surface area contributed by atoms with E-state index >= 15 is 0 Å². The highest BCUT2D eigenvalue weighted by molar-refractivity contribution is 5.08. The quantitative estimate of drug-likeness (QED) is 0.865. The molecule has 4 heterocycles. The average molecular weight is 300 g/mol. The molecule has 0 N–H and O–H groups in total. The lowest BCUT2D eigenvalue weighted by atomic mass is 9.91. The molecular formula is C16H20N4O2. The minimum Gasteiger partial charge on any atom is -0.364 e. The van der Waals surface area contributed by atoms with Crippen LogP contribution in [-0.4, -0.2) is 39.2 Å². The van der Waals surface area contributed by atoms with Crippen molar-refractivity contribution in [2.75, 3.05) is 13.1 Å². The molecule has 2 aromatic rings. The number of hydrogen-bond acceptors (Lipinski definition) is 6. The van der Waals surface area contributed by atoms with Crippen LogP contribution in [0, 0.1) is 12.8 Å². The summed E-state index contributed by atoms with van der Waals surface area (Å²) in [5.74, 6) is 1.90. The van der Waals surface area contributed by atoms with Crippen LogP contribution < -0.4 is 0 Å². The largest absolute Gasteiger partial charge is 0.364 e. The molecule has 6 heteroatoms. The molecule has 2 aliphatic heterocycles. The maximum absolute atomic E-state index is 6.18. The fourth-order valence-corrected chi connectivity index (χ4v) is 3.49. The lowest BCUT2D eigenvalue weighted by Gasteiger charge is -2.33. The van der Waals surface area contributed by atoms with Gasteiger partial charge < -0.3 is 9.26 Å². The Bertz CT molecular complexity index is 630. The van der Waals surface area contributed by atoms with Gasteiger partial charge in [-0.3, -0.25) is 9.88 Å². The molecule has 0 spiro atoms. The molecule has 0 aromatic carbocycles. The minimum atomic E-state index is -0.0328. The topological polar surface area (TPSA) is 64.3 Å². The lowest BCUT2D eigenvalue weighted by molar-refractivity contribution is -0.0190. The molecule has 0 aliphatic carbocycles. The highest BCUT2D eigenvalue weighted by Crippen LogP contribution is 2.40. The zero-order valence-corrected chi connectivity index (χ0v) is 12.7. The van der Waals surface area contributed by atoms with Crippen molar-refractivity contribution >= 4 is 0 Å². The molecule has 6 nitrogen and oxygen atoms in total. The highest BCUT2D eigenvalue weighted by Gasteiger charge is 2.41. The molecule has 0 unspecified atom stereocenters. The van der Waals surface area contributed by atoms with Crippen LogP contribution in [0.5, 0.6) is 0 Å². The van der Waals surface area contributed by atoms with E-state index in [-0.39, 0.29) is 12.2 Å². The first kappa shape index (κ1) is 13.8. The van der Waals surface area contributed by atoms with Gasteiger partial charge in [0.2, 0.25) is 0 Å². The van der Waals surface area contributed by atoms with Gasteiger partial charge >= 0.3 is 0 Å². The molecular weight excluding hydrogens is 280 g/mol. The summed E-state index contributed by atoms with van der Waals surface area (Å²) in [5.41, 5.74) is 1.25. The van der Waals surface area contributed by atoms with Gasteiger partial charge in [-0.25, -0.2) is 0 Å². The van der Waals surface area contributed by atoms with Gasteiger partial charge in [0, 0.05) is 25.5 Å². The Morgan fingerprint density at radius 1 is 1.41 bits per heavy atom. The van der Waals surface area contributed by atoms with Gasteiger partial charge in [-0.05, 0) is 43.9 Å². The van der Waals surface area contributed by atoms with Crippen molar-refractivity contribution in [3.05, 3.63) is 41.8 Å². The van der Waals surface area contributed by atoms with Crippen LogP contribution in [0.15, 0.2) is 29.0 Å². The standard InChI is InChI=1S/C16H20N4O2/c1-11-18-16(22-19-11)14-7-13-4-6-20(10-15(13)21-14)9-12-3-2-5-17-8-12/h2-3,5,8,13-15H,4,6-7,9-10H2,1H3/t13-,14+,15+/m1/s1. The van der Waals surface area contributed by atoms with E-state index in [1.54, 1.807) is 0 Å². The van der Waals surface area contributed by atoms with Crippen molar-refractivity contribution in [2.24, 2.45) is 5.92 Å². The summed E-state index contributed by atoms with van der Waals surface area (Å²) in [4.78, 5) is 10.9. The van der Waals surface area contributed by atoms with Crippen molar-refractivity contribution in [1.29, 1.82) is 0 Å². The molecule has 22 heavy (non-hydrogen) atoms. The van der Waals surface area contributed by atoms with Crippen molar-refractivity contribution in [3.63, 3.8) is 0 Å². The molecule has 0 radical (unpaired) electrons. The van der Waals surface area contributed by atoms with E-state index in [4.69, 9.17) is 9.26 Å². The summed E-state index contributed by atoms with van der Waals surface area (Å²) in [6.45, 7) is 4.84. The van der Waals surface area contributed by atoms with E-state index in [9.17, 15) is 0 Å². The predicted octanol–water partition coefficient (Wildman–Crippen LogP) is 2.13. The monoisotopic (exact) mass is 300 g/mol. The van der Waals surface area contributed by atoms with Crippen LogP contribution in [0.1, 0.15) is 36.2 Å². The summed E-state index contributed by atoms with van der Waals surface area (Å²) < 4.78 is 11.4. The molecule has 4 rings (SSSR count). The van der Waals surface area contributed by atoms with Crippen LogP contribution in [0.4, 0.5) is 0 Å². The van der Waals surface area contributed by atoms with Crippen LogP contribution in [0.25, 0.3) is 0 Å². The number of piperidine rings is 1. The summed E-state index contributed by atoms with van der Waals surface area (Å²) in [6.07, 6.45) is 6.14. The maximum atomic E-state index is 6.18. The Labute approximate surface area is 129 Å². The number of ether oxygens (including phenoxy) is 1. The second kappa shape index (κ2) is 5.78. The first-order chi connectivity index (χ1) is 10.8. The summed E-state index contributed by atoms with van der Waals surface area (Å²) in [5, 5.41) is 3.87. The fourth-order valence-electron chi connectivity index (χ4n) is 3.49. The first-order valence-electron chi connectivity index (χ1n) is 7.85. The average Bonchev–Trinajstić information content (AvgIpc) is 3.14. The zero-order chi connectivity index (χ0) is 14.9. The lowest BCUT2D eigenvalue weighted by Crippen LogP contribution is -2.41. The van der Waals surface area contributed by atoms with E-state index in [1.165, 1.54) is 5.56 Å². The number of rotatable bonds is 3. The normalized spacial score (nSPS) is 28.7. The van der Waals surface area contributed by atoms with E-state index in [2.05, 4.69) is 26.1 Å². The Morgan fingerprint density at radius 2 is 2.36 bits per heavy atom. The first-order valence-corrected chi connectivity index (χ1v) is 7.85. The van der Waals surface area contributed by atoms with Crippen LogP contribution in [0.3, 0.4) is 0 Å².